The summed E-state index contributed by atoms with van der Waals surface area (Å²) in [6.07, 6.45) is 1.97. The molecule has 1 amide bonds. The van der Waals surface area contributed by atoms with E-state index < -0.39 is 0 Å². The van der Waals surface area contributed by atoms with E-state index in [1.165, 1.54) is 0 Å². The summed E-state index contributed by atoms with van der Waals surface area (Å²) in [7, 11) is 1.67. The fourth-order valence-corrected chi connectivity index (χ4v) is 2.91. The second kappa shape index (κ2) is 8.31. The van der Waals surface area contributed by atoms with Crippen LogP contribution in [0, 0.1) is 5.92 Å². The highest BCUT2D eigenvalue weighted by molar-refractivity contribution is 5.81. The maximum Gasteiger partial charge on any atom is 0.249 e. The Hall–Kier alpha value is -1.59. The number of ether oxygens (including phenoxy) is 2. The van der Waals surface area contributed by atoms with Gasteiger partial charge in [0.05, 0.1) is 13.2 Å². The summed E-state index contributed by atoms with van der Waals surface area (Å²) in [5.74, 6) is 1.14. The zero-order valence-electron chi connectivity index (χ0n) is 14.2. The van der Waals surface area contributed by atoms with Gasteiger partial charge in [0.1, 0.15) is 11.9 Å². The normalized spacial score (nSPS) is 22.1. The van der Waals surface area contributed by atoms with Crippen molar-refractivity contribution in [3.8, 4) is 5.75 Å². The van der Waals surface area contributed by atoms with Gasteiger partial charge in [0, 0.05) is 12.6 Å². The fourth-order valence-electron chi connectivity index (χ4n) is 2.91. The van der Waals surface area contributed by atoms with Crippen LogP contribution in [0.4, 0.5) is 0 Å². The Kier molecular flexibility index (Phi) is 6.42. The van der Waals surface area contributed by atoms with Crippen molar-refractivity contribution in [1.29, 1.82) is 0 Å². The zero-order valence-corrected chi connectivity index (χ0v) is 14.2. The molecule has 1 aliphatic heterocycles. The predicted molar refractivity (Wildman–Crippen MR) is 90.4 cm³/mol. The van der Waals surface area contributed by atoms with Crippen LogP contribution in [-0.4, -0.2) is 37.8 Å². The van der Waals surface area contributed by atoms with Gasteiger partial charge in [-0.25, -0.2) is 0 Å². The van der Waals surface area contributed by atoms with Crippen LogP contribution in [-0.2, 0) is 16.0 Å². The van der Waals surface area contributed by atoms with Gasteiger partial charge in [0.15, 0.2) is 0 Å². The van der Waals surface area contributed by atoms with Crippen LogP contribution in [0.1, 0.15) is 32.3 Å². The number of para-hydroxylation sites is 1. The van der Waals surface area contributed by atoms with Crippen molar-refractivity contribution < 1.29 is 14.3 Å². The third-order valence-electron chi connectivity index (χ3n) is 4.43. The highest BCUT2D eigenvalue weighted by atomic mass is 16.5. The minimum atomic E-state index is -0.373. The van der Waals surface area contributed by atoms with E-state index in [0.29, 0.717) is 12.5 Å². The zero-order chi connectivity index (χ0) is 16.8. The van der Waals surface area contributed by atoms with Crippen LogP contribution < -0.4 is 15.8 Å². The molecule has 1 aromatic carbocycles. The van der Waals surface area contributed by atoms with E-state index in [2.05, 4.69) is 19.2 Å². The smallest absolute Gasteiger partial charge is 0.249 e. The summed E-state index contributed by atoms with van der Waals surface area (Å²) in [4.78, 5) is 12.5. The van der Waals surface area contributed by atoms with Crippen molar-refractivity contribution >= 4 is 5.91 Å². The number of carbonyl (C=O) groups is 1. The van der Waals surface area contributed by atoms with Crippen molar-refractivity contribution in [2.75, 3.05) is 13.7 Å². The van der Waals surface area contributed by atoms with Gasteiger partial charge in [-0.05, 0) is 36.8 Å². The van der Waals surface area contributed by atoms with Gasteiger partial charge in [0.2, 0.25) is 5.91 Å². The molecule has 0 radical (unpaired) electrons. The minimum absolute atomic E-state index is 0.0115. The Balaban J connectivity index is 2.00. The number of rotatable bonds is 7. The summed E-state index contributed by atoms with van der Waals surface area (Å²) in [5.41, 5.74) is 6.71. The van der Waals surface area contributed by atoms with Gasteiger partial charge < -0.3 is 20.5 Å². The van der Waals surface area contributed by atoms with E-state index in [1.807, 2.05) is 24.3 Å². The number of carbonyl (C=O) groups excluding carboxylic acids is 1. The predicted octanol–water partition coefficient (Wildman–Crippen LogP) is 1.88. The van der Waals surface area contributed by atoms with Gasteiger partial charge >= 0.3 is 0 Å². The number of nitrogens with one attached hydrogen (secondary N) is 1. The number of methoxy groups -OCH3 is 1. The molecule has 1 saturated heterocycles. The second-order valence-electron chi connectivity index (χ2n) is 6.43. The molecule has 2 rings (SSSR count). The highest BCUT2D eigenvalue weighted by Crippen LogP contribution is 2.23. The molecule has 0 spiro atoms. The number of benzene rings is 1. The number of hydrogen-bond acceptors (Lipinski definition) is 4. The molecule has 0 saturated carbocycles. The topological polar surface area (TPSA) is 73.6 Å². The van der Waals surface area contributed by atoms with E-state index in [4.69, 9.17) is 15.2 Å². The third kappa shape index (κ3) is 4.69. The first-order valence-corrected chi connectivity index (χ1v) is 8.33. The Morgan fingerprint density at radius 3 is 2.74 bits per heavy atom. The van der Waals surface area contributed by atoms with Gasteiger partial charge in [-0.2, -0.15) is 0 Å². The fraction of sp³-hybridized carbons (Fsp3) is 0.611. The molecule has 1 heterocycles. The summed E-state index contributed by atoms with van der Waals surface area (Å²) >= 11 is 0. The van der Waals surface area contributed by atoms with Crippen LogP contribution in [0.15, 0.2) is 24.3 Å². The van der Waals surface area contributed by atoms with Crippen LogP contribution in [0.3, 0.4) is 0 Å². The minimum Gasteiger partial charge on any atom is -0.496 e. The summed E-state index contributed by atoms with van der Waals surface area (Å²) in [6, 6.07) is 7.96. The lowest BCUT2D eigenvalue weighted by Gasteiger charge is -2.25. The van der Waals surface area contributed by atoms with Crippen molar-refractivity contribution in [3.63, 3.8) is 0 Å². The molecule has 128 valence electrons. The molecule has 23 heavy (non-hydrogen) atoms. The molecule has 1 fully saturated rings. The van der Waals surface area contributed by atoms with Crippen LogP contribution in [0.25, 0.3) is 0 Å². The molecule has 3 N–H and O–H groups in total. The third-order valence-corrected chi connectivity index (χ3v) is 4.43. The lowest BCUT2D eigenvalue weighted by atomic mass is 9.95. The van der Waals surface area contributed by atoms with Gasteiger partial charge in [-0.3, -0.25) is 4.79 Å². The highest BCUT2D eigenvalue weighted by Gasteiger charge is 2.31. The first-order valence-electron chi connectivity index (χ1n) is 8.33. The van der Waals surface area contributed by atoms with E-state index in [9.17, 15) is 4.79 Å². The molecule has 1 unspecified atom stereocenters. The quantitative estimate of drug-likeness (QED) is 0.804. The molecule has 5 nitrogen and oxygen atoms in total. The molecule has 5 heteroatoms. The first-order chi connectivity index (χ1) is 11.0. The average molecular weight is 320 g/mol. The number of nitrogens with two attached hydrogens (primary N) is 1. The van der Waals surface area contributed by atoms with E-state index in [0.717, 1.165) is 30.6 Å². The Morgan fingerprint density at radius 1 is 1.39 bits per heavy atom. The molecule has 1 aromatic rings. The molecule has 1 aliphatic rings. The average Bonchev–Trinajstić information content (AvgIpc) is 3.03. The first kappa shape index (κ1) is 17.8. The van der Waals surface area contributed by atoms with Gasteiger partial charge in [-0.15, -0.1) is 0 Å². The van der Waals surface area contributed by atoms with Crippen molar-refractivity contribution in [2.45, 2.75) is 51.4 Å². The Morgan fingerprint density at radius 2 is 2.13 bits per heavy atom. The summed E-state index contributed by atoms with van der Waals surface area (Å²) < 4.78 is 11.1. The summed E-state index contributed by atoms with van der Waals surface area (Å²) in [6.45, 7) is 4.69. The second-order valence-corrected chi connectivity index (χ2v) is 6.43. The lowest BCUT2D eigenvalue weighted by Crippen LogP contribution is -2.45. The van der Waals surface area contributed by atoms with Crippen LogP contribution in [0.5, 0.6) is 5.75 Å². The lowest BCUT2D eigenvalue weighted by molar-refractivity contribution is -0.132. The van der Waals surface area contributed by atoms with Crippen molar-refractivity contribution in [1.82, 2.24) is 5.32 Å². The molecule has 0 aromatic heterocycles. The van der Waals surface area contributed by atoms with E-state index in [1.54, 1.807) is 7.11 Å². The van der Waals surface area contributed by atoms with Crippen molar-refractivity contribution in [2.24, 2.45) is 11.7 Å². The number of hydrogen-bond donors (Lipinski definition) is 2. The van der Waals surface area contributed by atoms with Gasteiger partial charge in [-0.1, -0.05) is 32.0 Å². The molecular weight excluding hydrogens is 292 g/mol. The van der Waals surface area contributed by atoms with E-state index in [-0.39, 0.29) is 24.2 Å². The summed E-state index contributed by atoms with van der Waals surface area (Å²) in [5, 5.41) is 3.14. The monoisotopic (exact) mass is 320 g/mol. The number of amides is 1. The molecular formula is C18H28N2O3. The Bertz CT molecular complexity index is 519. The maximum absolute atomic E-state index is 12.5. The van der Waals surface area contributed by atoms with Crippen molar-refractivity contribution in [3.05, 3.63) is 29.8 Å². The molecule has 3 atom stereocenters. The van der Waals surface area contributed by atoms with Gasteiger partial charge in [0.25, 0.3) is 0 Å². The van der Waals surface area contributed by atoms with Crippen LogP contribution >= 0.6 is 0 Å². The largest absolute Gasteiger partial charge is 0.496 e. The van der Waals surface area contributed by atoms with Crippen LogP contribution in [0.2, 0.25) is 0 Å². The molecule has 0 aliphatic carbocycles. The molecule has 0 bridgehead atoms. The SMILES string of the molecule is COc1ccccc1CC(NC(=O)[C@@H]1CC[C@H](CN)O1)C(C)C. The standard InChI is InChI=1S/C18H28N2O3/c1-12(2)15(10-13-6-4-5-7-16(13)22-3)20-18(21)17-9-8-14(11-19)23-17/h4-7,12,14-15,17H,8-11,19H2,1-3H3,(H,20,21)/t14-,15?,17+/m1/s1. The van der Waals surface area contributed by atoms with E-state index >= 15 is 0 Å². The maximum atomic E-state index is 12.5. The Labute approximate surface area is 138 Å².